The van der Waals surface area contributed by atoms with Crippen LogP contribution in [-0.2, 0) is 0 Å². The Morgan fingerprint density at radius 2 is 2.06 bits per heavy atom. The van der Waals surface area contributed by atoms with E-state index in [1.165, 1.54) is 0 Å². The lowest BCUT2D eigenvalue weighted by atomic mass is 10.2. The monoisotopic (exact) mass is 307 g/mol. The molecule has 1 N–H and O–H groups in total. The fourth-order valence-electron chi connectivity index (χ4n) is 1.47. The summed E-state index contributed by atoms with van der Waals surface area (Å²) in [6, 6.07) is 1.71. The second-order valence-electron chi connectivity index (χ2n) is 3.45. The van der Waals surface area contributed by atoms with Gasteiger partial charge < -0.3 is 5.32 Å². The molecule has 0 bridgehead atoms. The highest BCUT2D eigenvalue weighted by molar-refractivity contribution is 7.98. The van der Waals surface area contributed by atoms with E-state index in [-0.39, 0.29) is 0 Å². The molecule has 92 valence electrons. The van der Waals surface area contributed by atoms with Gasteiger partial charge in [0.2, 0.25) is 0 Å². The van der Waals surface area contributed by atoms with Gasteiger partial charge in [-0.2, -0.15) is 20.5 Å². The standard InChI is InChI=1S/C10H11Cl2N3S2/c1-16-4-2-3-13-8-6(11)5-7(12)9-10(8)15-17-14-9/h5,13H,2-4H2,1H3. The summed E-state index contributed by atoms with van der Waals surface area (Å²) in [5.41, 5.74) is 2.31. The number of benzene rings is 1. The first-order valence-corrected chi connectivity index (χ1v) is 7.95. The third kappa shape index (κ3) is 2.96. The molecule has 2 aromatic rings. The minimum Gasteiger partial charge on any atom is -0.382 e. The van der Waals surface area contributed by atoms with Crippen LogP contribution in [0, 0.1) is 0 Å². The lowest BCUT2D eigenvalue weighted by molar-refractivity contribution is 0.995. The molecule has 1 aromatic carbocycles. The summed E-state index contributed by atoms with van der Waals surface area (Å²) in [6.07, 6.45) is 3.18. The Morgan fingerprint density at radius 3 is 2.82 bits per heavy atom. The molecule has 0 aliphatic rings. The van der Waals surface area contributed by atoms with E-state index < -0.39 is 0 Å². The van der Waals surface area contributed by atoms with E-state index in [1.54, 1.807) is 6.07 Å². The lowest BCUT2D eigenvalue weighted by Gasteiger charge is -2.08. The molecule has 1 aromatic heterocycles. The van der Waals surface area contributed by atoms with E-state index in [0.29, 0.717) is 15.6 Å². The number of nitrogens with one attached hydrogen (secondary N) is 1. The molecule has 0 saturated heterocycles. The number of nitrogens with zero attached hydrogens (tertiary/aromatic N) is 2. The van der Waals surface area contributed by atoms with Crippen molar-refractivity contribution >= 4 is 63.4 Å². The number of hydrogen-bond donors (Lipinski definition) is 1. The number of rotatable bonds is 5. The van der Waals surface area contributed by atoms with Crippen molar-refractivity contribution in [3.8, 4) is 0 Å². The van der Waals surface area contributed by atoms with Crippen LogP contribution in [0.3, 0.4) is 0 Å². The third-order valence-corrected chi connectivity index (χ3v) is 4.08. The Hall–Kier alpha value is -0.230. The molecule has 17 heavy (non-hydrogen) atoms. The molecule has 0 atom stereocenters. The Bertz CT molecular complexity index is 515. The molecule has 0 radical (unpaired) electrons. The van der Waals surface area contributed by atoms with Gasteiger partial charge in [-0.05, 0) is 24.5 Å². The van der Waals surface area contributed by atoms with Crippen molar-refractivity contribution in [1.29, 1.82) is 0 Å². The summed E-state index contributed by atoms with van der Waals surface area (Å²) in [6.45, 7) is 0.870. The predicted molar refractivity (Wildman–Crippen MR) is 78.9 cm³/mol. The van der Waals surface area contributed by atoms with E-state index in [9.17, 15) is 0 Å². The summed E-state index contributed by atoms with van der Waals surface area (Å²) < 4.78 is 8.39. The highest BCUT2D eigenvalue weighted by atomic mass is 35.5. The lowest BCUT2D eigenvalue weighted by Crippen LogP contribution is -2.03. The fourth-order valence-corrected chi connectivity index (χ4v) is 3.08. The van der Waals surface area contributed by atoms with Gasteiger partial charge in [-0.15, -0.1) is 0 Å². The third-order valence-electron chi connectivity index (χ3n) is 2.27. The van der Waals surface area contributed by atoms with Gasteiger partial charge in [-0.1, -0.05) is 23.2 Å². The van der Waals surface area contributed by atoms with Crippen molar-refractivity contribution in [3.05, 3.63) is 16.1 Å². The number of fused-ring (bicyclic) bond motifs is 1. The zero-order chi connectivity index (χ0) is 12.3. The van der Waals surface area contributed by atoms with Crippen molar-refractivity contribution in [2.24, 2.45) is 0 Å². The van der Waals surface area contributed by atoms with Crippen LogP contribution < -0.4 is 5.32 Å². The van der Waals surface area contributed by atoms with Gasteiger partial charge in [0.05, 0.1) is 27.5 Å². The summed E-state index contributed by atoms with van der Waals surface area (Å²) in [5, 5.41) is 4.45. The number of aromatic nitrogens is 2. The number of thioether (sulfide) groups is 1. The Kier molecular flexibility index (Phi) is 4.73. The van der Waals surface area contributed by atoms with Crippen LogP contribution in [0.5, 0.6) is 0 Å². The Morgan fingerprint density at radius 1 is 1.29 bits per heavy atom. The van der Waals surface area contributed by atoms with Crippen LogP contribution in [0.2, 0.25) is 10.0 Å². The van der Waals surface area contributed by atoms with Crippen LogP contribution in [-0.4, -0.2) is 27.3 Å². The first-order valence-electron chi connectivity index (χ1n) is 5.07. The number of hydrogen-bond acceptors (Lipinski definition) is 5. The van der Waals surface area contributed by atoms with Crippen molar-refractivity contribution in [1.82, 2.24) is 8.75 Å². The maximum absolute atomic E-state index is 6.16. The average Bonchev–Trinajstić information content (AvgIpc) is 2.77. The molecule has 0 aliphatic heterocycles. The van der Waals surface area contributed by atoms with Gasteiger partial charge >= 0.3 is 0 Å². The maximum atomic E-state index is 6.16. The molecular formula is C10H11Cl2N3S2. The first-order chi connectivity index (χ1) is 8.24. The van der Waals surface area contributed by atoms with Crippen LogP contribution >= 0.6 is 46.7 Å². The van der Waals surface area contributed by atoms with Crippen molar-refractivity contribution in [2.75, 3.05) is 23.9 Å². The zero-order valence-corrected chi connectivity index (χ0v) is 12.3. The van der Waals surface area contributed by atoms with E-state index in [4.69, 9.17) is 23.2 Å². The normalized spacial score (nSPS) is 11.0. The van der Waals surface area contributed by atoms with Gasteiger partial charge in [-0.25, -0.2) is 0 Å². The van der Waals surface area contributed by atoms with E-state index in [0.717, 1.165) is 41.7 Å². The second kappa shape index (κ2) is 6.09. The molecular weight excluding hydrogens is 297 g/mol. The van der Waals surface area contributed by atoms with Crippen molar-refractivity contribution in [3.63, 3.8) is 0 Å². The number of anilines is 1. The highest BCUT2D eigenvalue weighted by Crippen LogP contribution is 2.35. The Balaban J connectivity index is 2.23. The van der Waals surface area contributed by atoms with Crippen molar-refractivity contribution in [2.45, 2.75) is 6.42 Å². The first kappa shape index (κ1) is 13.2. The minimum atomic E-state index is 0.549. The summed E-state index contributed by atoms with van der Waals surface area (Å²) in [5.74, 6) is 1.12. The van der Waals surface area contributed by atoms with Crippen LogP contribution in [0.15, 0.2) is 6.07 Å². The number of halogens is 2. The molecule has 1 heterocycles. The van der Waals surface area contributed by atoms with Crippen LogP contribution in [0.25, 0.3) is 11.0 Å². The summed E-state index contributed by atoms with van der Waals surface area (Å²) in [7, 11) is 0. The SMILES string of the molecule is CSCCCNc1c(Cl)cc(Cl)c2nsnc12. The predicted octanol–water partition coefficient (Wildman–Crippen LogP) is 4.16. The molecule has 0 unspecified atom stereocenters. The zero-order valence-electron chi connectivity index (χ0n) is 9.17. The quantitative estimate of drug-likeness (QED) is 0.842. The van der Waals surface area contributed by atoms with Gasteiger partial charge in [0.1, 0.15) is 11.0 Å². The molecule has 0 saturated carbocycles. The average molecular weight is 308 g/mol. The van der Waals surface area contributed by atoms with Gasteiger partial charge in [0.15, 0.2) is 0 Å². The van der Waals surface area contributed by atoms with Crippen LogP contribution in [0.4, 0.5) is 5.69 Å². The topological polar surface area (TPSA) is 37.8 Å². The smallest absolute Gasteiger partial charge is 0.130 e. The molecule has 0 amide bonds. The molecule has 0 spiro atoms. The van der Waals surface area contributed by atoms with E-state index >= 15 is 0 Å². The summed E-state index contributed by atoms with van der Waals surface area (Å²) >= 11 is 15.2. The highest BCUT2D eigenvalue weighted by Gasteiger charge is 2.13. The van der Waals surface area contributed by atoms with Gasteiger partial charge in [-0.3, -0.25) is 0 Å². The van der Waals surface area contributed by atoms with Gasteiger partial charge in [0.25, 0.3) is 0 Å². The fraction of sp³-hybridized carbons (Fsp3) is 0.400. The molecule has 3 nitrogen and oxygen atoms in total. The molecule has 7 heteroatoms. The van der Waals surface area contributed by atoms with Gasteiger partial charge in [0, 0.05) is 6.54 Å². The maximum Gasteiger partial charge on any atom is 0.130 e. The van der Waals surface area contributed by atoms with Crippen LogP contribution in [0.1, 0.15) is 6.42 Å². The largest absolute Gasteiger partial charge is 0.382 e. The molecule has 2 rings (SSSR count). The molecule has 0 aliphatic carbocycles. The van der Waals surface area contributed by atoms with E-state index in [1.807, 2.05) is 11.8 Å². The summed E-state index contributed by atoms with van der Waals surface area (Å²) in [4.78, 5) is 0. The van der Waals surface area contributed by atoms with E-state index in [2.05, 4.69) is 20.3 Å². The van der Waals surface area contributed by atoms with Crippen molar-refractivity contribution < 1.29 is 0 Å². The Labute approximate surface area is 118 Å². The second-order valence-corrected chi connectivity index (χ2v) is 5.78. The molecule has 0 fully saturated rings. The minimum absolute atomic E-state index is 0.549.